The van der Waals surface area contributed by atoms with E-state index < -0.39 is 0 Å². The van der Waals surface area contributed by atoms with Crippen molar-refractivity contribution < 1.29 is 0 Å². The van der Waals surface area contributed by atoms with Crippen LogP contribution in [0.2, 0.25) is 0 Å². The van der Waals surface area contributed by atoms with Gasteiger partial charge in [-0.3, -0.25) is 0 Å². The Morgan fingerprint density at radius 2 is 2.46 bits per heavy atom. The van der Waals surface area contributed by atoms with Crippen molar-refractivity contribution in [1.82, 2.24) is 9.55 Å². The molecule has 1 aliphatic carbocycles. The van der Waals surface area contributed by atoms with Crippen molar-refractivity contribution in [2.75, 3.05) is 0 Å². The van der Waals surface area contributed by atoms with E-state index in [4.69, 9.17) is 0 Å². The first-order chi connectivity index (χ1) is 6.31. The Morgan fingerprint density at radius 3 is 3.00 bits per heavy atom. The Bertz CT molecular complexity index is 282. The average molecular weight is 243 g/mol. The fraction of sp³-hybridized carbons (Fsp3) is 0.700. The van der Waals surface area contributed by atoms with Crippen LogP contribution in [-0.2, 0) is 5.33 Å². The lowest BCUT2D eigenvalue weighted by atomic mass is 10.1. The molecule has 2 unspecified atom stereocenters. The molecule has 72 valence electrons. The third-order valence-electron chi connectivity index (χ3n) is 2.99. The highest BCUT2D eigenvalue weighted by atomic mass is 79.9. The number of halogens is 1. The molecule has 0 radical (unpaired) electrons. The zero-order valence-electron chi connectivity index (χ0n) is 7.91. The zero-order valence-corrected chi connectivity index (χ0v) is 9.50. The first-order valence-corrected chi connectivity index (χ1v) is 6.01. The molecule has 1 aromatic heterocycles. The molecular formula is C10H15BrN2. The standard InChI is InChI=1S/C10H15BrN2/c1-8-3-2-4-10(8)13-6-9(5-11)12-7-13/h6-8,10H,2-5H2,1H3. The van der Waals surface area contributed by atoms with E-state index in [1.165, 1.54) is 19.3 Å². The second kappa shape index (κ2) is 3.82. The van der Waals surface area contributed by atoms with E-state index in [0.29, 0.717) is 6.04 Å². The number of hydrogen-bond donors (Lipinski definition) is 0. The number of hydrogen-bond acceptors (Lipinski definition) is 1. The fourth-order valence-electron chi connectivity index (χ4n) is 2.20. The van der Waals surface area contributed by atoms with Gasteiger partial charge in [0.25, 0.3) is 0 Å². The Hall–Kier alpha value is -0.310. The second-order valence-corrected chi connectivity index (χ2v) is 4.48. The maximum absolute atomic E-state index is 4.33. The van der Waals surface area contributed by atoms with Crippen LogP contribution in [0.25, 0.3) is 0 Å². The zero-order chi connectivity index (χ0) is 9.26. The SMILES string of the molecule is CC1CCCC1n1cnc(CBr)c1. The van der Waals surface area contributed by atoms with Crippen LogP contribution in [0.3, 0.4) is 0 Å². The topological polar surface area (TPSA) is 17.8 Å². The molecule has 1 heterocycles. The molecule has 1 fully saturated rings. The number of aromatic nitrogens is 2. The van der Waals surface area contributed by atoms with Crippen LogP contribution >= 0.6 is 15.9 Å². The molecule has 2 rings (SSSR count). The first-order valence-electron chi connectivity index (χ1n) is 4.89. The molecule has 0 saturated heterocycles. The minimum absolute atomic E-state index is 0.695. The highest BCUT2D eigenvalue weighted by Gasteiger charge is 2.24. The van der Waals surface area contributed by atoms with Crippen molar-refractivity contribution >= 4 is 15.9 Å². The van der Waals surface area contributed by atoms with Crippen LogP contribution in [0.15, 0.2) is 12.5 Å². The predicted molar refractivity (Wildman–Crippen MR) is 56.9 cm³/mol. The van der Waals surface area contributed by atoms with E-state index >= 15 is 0 Å². The van der Waals surface area contributed by atoms with E-state index in [1.54, 1.807) is 0 Å². The van der Waals surface area contributed by atoms with Crippen LogP contribution in [0.4, 0.5) is 0 Å². The lowest BCUT2D eigenvalue weighted by Crippen LogP contribution is -2.09. The maximum atomic E-state index is 4.33. The minimum atomic E-state index is 0.695. The second-order valence-electron chi connectivity index (χ2n) is 3.92. The molecule has 0 N–H and O–H groups in total. The van der Waals surface area contributed by atoms with Gasteiger partial charge >= 0.3 is 0 Å². The van der Waals surface area contributed by atoms with Crippen LogP contribution in [0.5, 0.6) is 0 Å². The Morgan fingerprint density at radius 1 is 1.62 bits per heavy atom. The van der Waals surface area contributed by atoms with Crippen LogP contribution in [-0.4, -0.2) is 9.55 Å². The van der Waals surface area contributed by atoms with Crippen LogP contribution in [0, 0.1) is 5.92 Å². The summed E-state index contributed by atoms with van der Waals surface area (Å²) in [4.78, 5) is 4.33. The molecule has 3 heteroatoms. The summed E-state index contributed by atoms with van der Waals surface area (Å²) in [7, 11) is 0. The molecular weight excluding hydrogens is 228 g/mol. The predicted octanol–water partition coefficient (Wildman–Crippen LogP) is 3.14. The third kappa shape index (κ3) is 1.80. The monoisotopic (exact) mass is 242 g/mol. The summed E-state index contributed by atoms with van der Waals surface area (Å²) < 4.78 is 2.29. The lowest BCUT2D eigenvalue weighted by molar-refractivity contribution is 0.407. The molecule has 2 nitrogen and oxygen atoms in total. The van der Waals surface area contributed by atoms with Gasteiger partial charge in [-0.1, -0.05) is 29.3 Å². The smallest absolute Gasteiger partial charge is 0.0952 e. The number of rotatable bonds is 2. The van der Waals surface area contributed by atoms with Gasteiger partial charge in [-0.05, 0) is 18.8 Å². The number of nitrogens with zero attached hydrogens (tertiary/aromatic N) is 2. The normalized spacial score (nSPS) is 28.2. The first kappa shape index (κ1) is 9.25. The van der Waals surface area contributed by atoms with Crippen molar-refractivity contribution in [1.29, 1.82) is 0 Å². The van der Waals surface area contributed by atoms with Gasteiger partial charge in [-0.2, -0.15) is 0 Å². The molecule has 1 saturated carbocycles. The van der Waals surface area contributed by atoms with Crippen LogP contribution < -0.4 is 0 Å². The van der Waals surface area contributed by atoms with E-state index in [-0.39, 0.29) is 0 Å². The summed E-state index contributed by atoms with van der Waals surface area (Å²) in [6.07, 6.45) is 8.20. The third-order valence-corrected chi connectivity index (χ3v) is 3.57. The maximum Gasteiger partial charge on any atom is 0.0952 e. The molecule has 1 aromatic rings. The van der Waals surface area contributed by atoms with Crippen molar-refractivity contribution in [2.24, 2.45) is 5.92 Å². The Balaban J connectivity index is 2.15. The summed E-state index contributed by atoms with van der Waals surface area (Å²) in [5.41, 5.74) is 1.14. The number of alkyl halides is 1. The quantitative estimate of drug-likeness (QED) is 0.729. The van der Waals surface area contributed by atoms with E-state index in [2.05, 4.69) is 38.6 Å². The summed E-state index contributed by atoms with van der Waals surface area (Å²) in [5.74, 6) is 0.817. The van der Waals surface area contributed by atoms with Gasteiger partial charge in [0.2, 0.25) is 0 Å². The highest BCUT2D eigenvalue weighted by Crippen LogP contribution is 2.35. The molecule has 0 aliphatic heterocycles. The summed E-state index contributed by atoms with van der Waals surface area (Å²) in [6, 6.07) is 0.695. The highest BCUT2D eigenvalue weighted by molar-refractivity contribution is 9.08. The van der Waals surface area contributed by atoms with Crippen molar-refractivity contribution in [3.63, 3.8) is 0 Å². The van der Waals surface area contributed by atoms with Gasteiger partial charge in [0.15, 0.2) is 0 Å². The average Bonchev–Trinajstić information content (AvgIpc) is 2.71. The van der Waals surface area contributed by atoms with E-state index in [9.17, 15) is 0 Å². The van der Waals surface area contributed by atoms with Crippen molar-refractivity contribution in [2.45, 2.75) is 37.6 Å². The van der Waals surface area contributed by atoms with Gasteiger partial charge in [-0.25, -0.2) is 4.98 Å². The lowest BCUT2D eigenvalue weighted by Gasteiger charge is -2.16. The molecule has 2 atom stereocenters. The summed E-state index contributed by atoms with van der Waals surface area (Å²) in [5, 5.41) is 0.862. The number of imidazole rings is 1. The van der Waals surface area contributed by atoms with E-state index in [1.807, 2.05) is 6.33 Å². The molecule has 0 aromatic carbocycles. The van der Waals surface area contributed by atoms with Gasteiger partial charge in [0.05, 0.1) is 12.0 Å². The van der Waals surface area contributed by atoms with Gasteiger partial charge in [0, 0.05) is 17.6 Å². The summed E-state index contributed by atoms with van der Waals surface area (Å²) >= 11 is 3.42. The summed E-state index contributed by atoms with van der Waals surface area (Å²) in [6.45, 7) is 2.34. The molecule has 13 heavy (non-hydrogen) atoms. The molecule has 1 aliphatic rings. The van der Waals surface area contributed by atoms with Gasteiger partial charge < -0.3 is 4.57 Å². The molecule has 0 bridgehead atoms. The largest absolute Gasteiger partial charge is 0.334 e. The molecule has 0 spiro atoms. The van der Waals surface area contributed by atoms with Crippen molar-refractivity contribution in [3.8, 4) is 0 Å². The van der Waals surface area contributed by atoms with Crippen molar-refractivity contribution in [3.05, 3.63) is 18.2 Å². The van der Waals surface area contributed by atoms with Gasteiger partial charge in [-0.15, -0.1) is 0 Å². The van der Waals surface area contributed by atoms with Crippen LogP contribution in [0.1, 0.15) is 37.9 Å². The fourth-order valence-corrected chi connectivity index (χ4v) is 2.49. The van der Waals surface area contributed by atoms with Gasteiger partial charge in [0.1, 0.15) is 0 Å². The Kier molecular flexibility index (Phi) is 2.72. The Labute approximate surface area is 87.5 Å². The molecule has 0 amide bonds. The van der Waals surface area contributed by atoms with E-state index in [0.717, 1.165) is 16.9 Å². The minimum Gasteiger partial charge on any atom is -0.334 e.